The Morgan fingerprint density at radius 1 is 0.649 bits per heavy atom. The van der Waals surface area contributed by atoms with Crippen LogP contribution in [0.5, 0.6) is 0 Å². The first-order chi connectivity index (χ1) is 17.6. The van der Waals surface area contributed by atoms with Crippen LogP contribution in [0.3, 0.4) is 0 Å². The van der Waals surface area contributed by atoms with E-state index < -0.39 is 5.60 Å². The molecule has 0 aromatic carbocycles. The summed E-state index contributed by atoms with van der Waals surface area (Å²) in [6.45, 7) is 9.21. The fourth-order valence-electron chi connectivity index (χ4n) is 10.8. The van der Waals surface area contributed by atoms with Crippen molar-refractivity contribution in [3.05, 3.63) is 0 Å². The predicted molar refractivity (Wildman–Crippen MR) is 145 cm³/mol. The second kappa shape index (κ2) is 8.92. The normalized spacial score (nSPS) is 55.9. The summed E-state index contributed by atoms with van der Waals surface area (Å²) in [5.41, 5.74) is 0.0510. The van der Waals surface area contributed by atoms with Crippen molar-refractivity contribution < 1.29 is 19.3 Å². The molecule has 4 nitrogen and oxygen atoms in total. The van der Waals surface area contributed by atoms with Gasteiger partial charge < -0.3 is 19.3 Å². The minimum absolute atomic E-state index is 0.162. The van der Waals surface area contributed by atoms with Crippen LogP contribution in [-0.4, -0.2) is 45.8 Å². The van der Waals surface area contributed by atoms with Gasteiger partial charge in [0.05, 0.1) is 40.7 Å². The molecular weight excluding hydrogens is 460 g/mol. The van der Waals surface area contributed by atoms with Crippen LogP contribution in [0.2, 0.25) is 0 Å². The molecule has 0 bridgehead atoms. The highest BCUT2D eigenvalue weighted by atomic mass is 16.6. The summed E-state index contributed by atoms with van der Waals surface area (Å²) >= 11 is 0. The van der Waals surface area contributed by atoms with Crippen LogP contribution >= 0.6 is 0 Å². The summed E-state index contributed by atoms with van der Waals surface area (Å²) in [4.78, 5) is 0. The molecule has 7 rings (SSSR count). The molecule has 0 amide bonds. The lowest BCUT2D eigenvalue weighted by Crippen LogP contribution is -2.40. The number of rotatable bonds is 8. The Morgan fingerprint density at radius 2 is 1.22 bits per heavy atom. The van der Waals surface area contributed by atoms with E-state index in [9.17, 15) is 5.11 Å². The average molecular weight is 515 g/mol. The molecule has 210 valence electrons. The first kappa shape index (κ1) is 25.8. The molecule has 4 heteroatoms. The topological polar surface area (TPSA) is 57.8 Å². The van der Waals surface area contributed by atoms with Crippen molar-refractivity contribution in [3.63, 3.8) is 0 Å². The van der Waals surface area contributed by atoms with E-state index in [1.165, 1.54) is 89.9 Å². The number of epoxide rings is 3. The molecule has 1 N–H and O–H groups in total. The summed E-state index contributed by atoms with van der Waals surface area (Å²) in [6, 6.07) is 0. The van der Waals surface area contributed by atoms with Crippen LogP contribution in [0.1, 0.15) is 130 Å². The third-order valence-corrected chi connectivity index (χ3v) is 13.0. The van der Waals surface area contributed by atoms with Gasteiger partial charge in [0.2, 0.25) is 0 Å². The Hall–Kier alpha value is -0.160. The highest BCUT2D eigenvalue weighted by Crippen LogP contribution is 2.59. The molecule has 7 fully saturated rings. The van der Waals surface area contributed by atoms with Crippen molar-refractivity contribution in [2.24, 2.45) is 35.5 Å². The standard InChI is InChI=1S/C33H54O4/c1-30(34)16-6-9-21(19-30)23(25-12-7-17-31(2)28(25)36-31)10-5-11-24(22-14-15-27-33(4,20-22)35-27)26-13-8-18-32(3)29(26)37-32/h21-29,34H,5-20H2,1-4H3. The van der Waals surface area contributed by atoms with Gasteiger partial charge in [0.15, 0.2) is 0 Å². The molecule has 7 aliphatic rings. The fourth-order valence-corrected chi connectivity index (χ4v) is 10.8. The van der Waals surface area contributed by atoms with Gasteiger partial charge in [-0.05, 0) is 140 Å². The maximum absolute atomic E-state index is 11.0. The lowest BCUT2D eigenvalue weighted by Gasteiger charge is -2.43. The summed E-state index contributed by atoms with van der Waals surface area (Å²) < 4.78 is 19.0. The van der Waals surface area contributed by atoms with E-state index >= 15 is 0 Å². The van der Waals surface area contributed by atoms with Crippen LogP contribution in [0.15, 0.2) is 0 Å². The SMILES string of the molecule is CC1(O)CCCC(C(CCCC(C2CCC3OC3(C)C2)C2CCCC3(C)OC23)C2CCCC3(C)OC23)C1. The highest BCUT2D eigenvalue weighted by molar-refractivity contribution is 5.11. The molecule has 3 heterocycles. The third kappa shape index (κ3) is 4.76. The molecule has 37 heavy (non-hydrogen) atoms. The molecule has 4 aliphatic carbocycles. The highest BCUT2D eigenvalue weighted by Gasteiger charge is 2.63. The Balaban J connectivity index is 1.07. The number of fused-ring (bicyclic) bond motifs is 3. The molecule has 0 radical (unpaired) electrons. The van der Waals surface area contributed by atoms with E-state index in [1.54, 1.807) is 0 Å². The van der Waals surface area contributed by atoms with Crippen molar-refractivity contribution in [3.8, 4) is 0 Å². The molecule has 0 aromatic rings. The van der Waals surface area contributed by atoms with Gasteiger partial charge in [0, 0.05) is 0 Å². The van der Waals surface area contributed by atoms with Gasteiger partial charge >= 0.3 is 0 Å². The van der Waals surface area contributed by atoms with Crippen LogP contribution in [-0.2, 0) is 14.2 Å². The molecule has 3 saturated heterocycles. The average Bonchev–Trinajstić information content (AvgIpc) is 3.76. The summed E-state index contributed by atoms with van der Waals surface area (Å²) in [5.74, 6) is 4.43. The van der Waals surface area contributed by atoms with Crippen molar-refractivity contribution in [1.29, 1.82) is 0 Å². The van der Waals surface area contributed by atoms with Gasteiger partial charge in [-0.25, -0.2) is 0 Å². The third-order valence-electron chi connectivity index (χ3n) is 13.0. The Bertz CT molecular complexity index is 826. The van der Waals surface area contributed by atoms with Gasteiger partial charge in [-0.3, -0.25) is 0 Å². The summed E-state index contributed by atoms with van der Waals surface area (Å²) in [6.07, 6.45) is 21.8. The minimum atomic E-state index is -0.472. The largest absolute Gasteiger partial charge is 0.390 e. The van der Waals surface area contributed by atoms with Gasteiger partial charge in [-0.2, -0.15) is 0 Å². The van der Waals surface area contributed by atoms with Crippen molar-refractivity contribution in [1.82, 2.24) is 0 Å². The Kier molecular flexibility index (Phi) is 6.22. The number of hydrogen-bond acceptors (Lipinski definition) is 4. The van der Waals surface area contributed by atoms with Crippen LogP contribution < -0.4 is 0 Å². The van der Waals surface area contributed by atoms with Crippen molar-refractivity contribution >= 4 is 0 Å². The van der Waals surface area contributed by atoms with Gasteiger partial charge in [0.1, 0.15) is 0 Å². The first-order valence-corrected chi connectivity index (χ1v) is 16.4. The quantitative estimate of drug-likeness (QED) is 0.348. The van der Waals surface area contributed by atoms with E-state index in [1.807, 2.05) is 0 Å². The van der Waals surface area contributed by atoms with Crippen LogP contribution in [0.25, 0.3) is 0 Å². The zero-order chi connectivity index (χ0) is 25.6. The predicted octanol–water partition coefficient (Wildman–Crippen LogP) is 7.20. The Labute approximate surface area is 226 Å². The maximum atomic E-state index is 11.0. The molecule has 13 unspecified atom stereocenters. The second-order valence-corrected chi connectivity index (χ2v) is 15.9. The molecule has 0 aromatic heterocycles. The van der Waals surface area contributed by atoms with Crippen LogP contribution in [0.4, 0.5) is 0 Å². The molecular formula is C33H54O4. The van der Waals surface area contributed by atoms with Crippen molar-refractivity contribution in [2.45, 2.75) is 171 Å². The minimum Gasteiger partial charge on any atom is -0.390 e. The van der Waals surface area contributed by atoms with E-state index in [2.05, 4.69) is 27.7 Å². The van der Waals surface area contributed by atoms with Crippen molar-refractivity contribution in [2.75, 3.05) is 0 Å². The molecule has 0 spiro atoms. The Morgan fingerprint density at radius 3 is 1.78 bits per heavy atom. The first-order valence-electron chi connectivity index (χ1n) is 16.4. The fraction of sp³-hybridized carbons (Fsp3) is 1.00. The zero-order valence-electron chi connectivity index (χ0n) is 24.2. The van der Waals surface area contributed by atoms with E-state index in [-0.39, 0.29) is 16.8 Å². The van der Waals surface area contributed by atoms with Gasteiger partial charge in [-0.1, -0.05) is 25.7 Å². The summed E-state index contributed by atoms with van der Waals surface area (Å²) in [7, 11) is 0. The number of aliphatic hydroxyl groups is 1. The number of hydrogen-bond donors (Lipinski definition) is 1. The lowest BCUT2D eigenvalue weighted by molar-refractivity contribution is -0.0242. The van der Waals surface area contributed by atoms with Gasteiger partial charge in [-0.15, -0.1) is 0 Å². The number of ether oxygens (including phenoxy) is 3. The molecule has 13 atom stereocenters. The zero-order valence-corrected chi connectivity index (χ0v) is 24.2. The summed E-state index contributed by atoms with van der Waals surface area (Å²) in [5, 5.41) is 11.0. The monoisotopic (exact) mass is 514 g/mol. The van der Waals surface area contributed by atoms with E-state index in [0.717, 1.165) is 30.6 Å². The molecule has 4 saturated carbocycles. The van der Waals surface area contributed by atoms with Gasteiger partial charge in [0.25, 0.3) is 0 Å². The second-order valence-electron chi connectivity index (χ2n) is 15.9. The lowest BCUT2D eigenvalue weighted by atomic mass is 9.62. The van der Waals surface area contributed by atoms with E-state index in [0.29, 0.717) is 36.1 Å². The van der Waals surface area contributed by atoms with E-state index in [4.69, 9.17) is 14.2 Å². The maximum Gasteiger partial charge on any atom is 0.0923 e. The molecule has 3 aliphatic heterocycles. The van der Waals surface area contributed by atoms with Crippen LogP contribution in [0, 0.1) is 35.5 Å². The smallest absolute Gasteiger partial charge is 0.0923 e.